The van der Waals surface area contributed by atoms with Gasteiger partial charge < -0.3 is 74.0 Å². The number of carbonyl (C=O) groups is 6. The van der Waals surface area contributed by atoms with Gasteiger partial charge in [0.2, 0.25) is 17.7 Å². The third-order valence-electron chi connectivity index (χ3n) is 10.8. The molecule has 0 fully saturated rings. The fourth-order valence-corrected chi connectivity index (χ4v) is 7.03. The topological polar surface area (TPSA) is 301 Å². The fraction of sp³-hybridized carbons (Fsp3) is 0.596. The maximum absolute atomic E-state index is 13.3. The van der Waals surface area contributed by atoms with Crippen molar-refractivity contribution in [2.24, 2.45) is 10.7 Å². The smallest absolute Gasteiger partial charge is 0.257 e. The monoisotopic (exact) mass is 1080 g/mol. The van der Waals surface area contributed by atoms with Crippen LogP contribution in [0.4, 0.5) is 11.4 Å². The van der Waals surface area contributed by atoms with Crippen molar-refractivity contribution in [2.75, 3.05) is 164 Å². The number of ether oxygens (including phenoxy) is 10. The maximum atomic E-state index is 13.3. The number of hydrogen-bond donors (Lipinski definition) is 4. The number of aromatic nitrogens is 2. The predicted octanol–water partition coefficient (Wildman–Crippen LogP) is 1.37. The highest BCUT2D eigenvalue weighted by Gasteiger charge is 2.26. The van der Waals surface area contributed by atoms with Crippen LogP contribution in [0.25, 0.3) is 6.08 Å². The van der Waals surface area contributed by atoms with Gasteiger partial charge in [-0.1, -0.05) is 13.8 Å². The number of amides is 6. The highest BCUT2D eigenvalue weighted by molar-refractivity contribution is 6.14. The molecule has 4 rings (SSSR count). The van der Waals surface area contributed by atoms with Crippen molar-refractivity contribution < 1.29 is 76.1 Å². The number of anilines is 1. The first-order valence-corrected chi connectivity index (χ1v) is 26.0. The van der Waals surface area contributed by atoms with E-state index in [9.17, 15) is 28.8 Å². The lowest BCUT2D eigenvalue weighted by molar-refractivity contribution is -0.141. The summed E-state index contributed by atoms with van der Waals surface area (Å²) >= 11 is 0. The Morgan fingerprint density at radius 3 is 1.62 bits per heavy atom. The molecule has 2 aliphatic heterocycles. The first-order valence-electron chi connectivity index (χ1n) is 26.0. The number of fused-ring (bicyclic) bond motifs is 1. The van der Waals surface area contributed by atoms with Gasteiger partial charge in [0.15, 0.2) is 0 Å². The summed E-state index contributed by atoms with van der Waals surface area (Å²) in [6.07, 6.45) is 10.5. The van der Waals surface area contributed by atoms with Crippen LogP contribution in [-0.2, 0) is 77.9 Å². The molecular formula is C52H77N9O16. The average molecular weight is 1080 g/mol. The maximum Gasteiger partial charge on any atom is 0.257 e. The third kappa shape index (κ3) is 27.2. The SMILES string of the molecule is CCCN(CCC)C(=O)C1=Cc2ncc(C(=O)Nc3cncc(CNC(=O)CCOCCOCCOCCOCCOCCOCCOCCOCCOCCOCCNC(=O)CN4C(=O)C=CC4=O)c3)cc2N=C(N)C1. The zero-order valence-corrected chi connectivity index (χ0v) is 44.5. The Morgan fingerprint density at radius 1 is 0.623 bits per heavy atom. The zero-order chi connectivity index (χ0) is 55.1. The van der Waals surface area contributed by atoms with Gasteiger partial charge in [0, 0.05) is 69.1 Å². The molecule has 25 heteroatoms. The lowest BCUT2D eigenvalue weighted by Crippen LogP contribution is -2.41. The summed E-state index contributed by atoms with van der Waals surface area (Å²) in [7, 11) is 0. The highest BCUT2D eigenvalue weighted by atomic mass is 16.6. The van der Waals surface area contributed by atoms with Gasteiger partial charge in [0.25, 0.3) is 17.7 Å². The van der Waals surface area contributed by atoms with Crippen molar-refractivity contribution in [3.63, 3.8) is 0 Å². The first-order chi connectivity index (χ1) is 37.6. The second-order valence-corrected chi connectivity index (χ2v) is 17.0. The zero-order valence-electron chi connectivity index (χ0n) is 44.5. The molecule has 0 aromatic carbocycles. The van der Waals surface area contributed by atoms with E-state index in [2.05, 4.69) is 30.9 Å². The minimum atomic E-state index is -0.501. The molecule has 0 aliphatic carbocycles. The Labute approximate surface area is 449 Å². The molecule has 0 saturated carbocycles. The van der Waals surface area contributed by atoms with E-state index in [-0.39, 0.29) is 68.9 Å². The van der Waals surface area contributed by atoms with E-state index in [0.717, 1.165) is 29.9 Å². The van der Waals surface area contributed by atoms with Crippen LogP contribution in [0.15, 0.2) is 53.4 Å². The molecule has 0 spiro atoms. The highest BCUT2D eigenvalue weighted by Crippen LogP contribution is 2.27. The summed E-state index contributed by atoms with van der Waals surface area (Å²) in [6.45, 7) is 13.3. The number of nitrogens with zero attached hydrogens (tertiary/aromatic N) is 5. The van der Waals surface area contributed by atoms with Gasteiger partial charge in [-0.2, -0.15) is 0 Å². The average Bonchev–Trinajstić information content (AvgIpc) is 3.62. The third-order valence-corrected chi connectivity index (χ3v) is 10.8. The number of carbonyl (C=O) groups excluding carboxylic acids is 6. The fourth-order valence-electron chi connectivity index (χ4n) is 7.03. The molecule has 2 aliphatic rings. The number of nitrogens with one attached hydrogen (secondary N) is 3. The predicted molar refractivity (Wildman–Crippen MR) is 281 cm³/mol. The Bertz CT molecular complexity index is 2190. The number of pyridine rings is 2. The second-order valence-electron chi connectivity index (χ2n) is 17.0. The van der Waals surface area contributed by atoms with Crippen LogP contribution in [-0.4, -0.2) is 219 Å². The van der Waals surface area contributed by atoms with Gasteiger partial charge in [0.1, 0.15) is 12.4 Å². The first kappa shape index (κ1) is 63.4. The number of aliphatic imine (C=N–C) groups is 1. The molecule has 0 radical (unpaired) electrons. The molecule has 2 aromatic heterocycles. The number of amidine groups is 1. The van der Waals surface area contributed by atoms with Crippen LogP contribution in [0.3, 0.4) is 0 Å². The van der Waals surface area contributed by atoms with Crippen LogP contribution in [0.1, 0.15) is 61.1 Å². The number of hydrogen-bond acceptors (Lipinski definition) is 20. The molecule has 0 bridgehead atoms. The van der Waals surface area contributed by atoms with Crippen molar-refractivity contribution in [1.82, 2.24) is 30.4 Å². The van der Waals surface area contributed by atoms with Crippen molar-refractivity contribution >= 4 is 58.7 Å². The number of rotatable bonds is 44. The van der Waals surface area contributed by atoms with Crippen molar-refractivity contribution in [3.05, 3.63) is 65.3 Å². The van der Waals surface area contributed by atoms with E-state index in [1.807, 2.05) is 18.7 Å². The van der Waals surface area contributed by atoms with Crippen LogP contribution in [0, 0.1) is 0 Å². The molecule has 5 N–H and O–H groups in total. The van der Waals surface area contributed by atoms with Gasteiger partial charge in [0.05, 0.1) is 161 Å². The molecule has 77 heavy (non-hydrogen) atoms. The Hall–Kier alpha value is -6.13. The molecule has 6 amide bonds. The summed E-state index contributed by atoms with van der Waals surface area (Å²) in [4.78, 5) is 89.5. The largest absolute Gasteiger partial charge is 0.387 e. The minimum Gasteiger partial charge on any atom is -0.387 e. The van der Waals surface area contributed by atoms with Crippen LogP contribution in [0.5, 0.6) is 0 Å². The summed E-state index contributed by atoms with van der Waals surface area (Å²) in [5.41, 5.74) is 8.91. The Morgan fingerprint density at radius 2 is 1.12 bits per heavy atom. The van der Waals surface area contributed by atoms with Crippen molar-refractivity contribution in [1.29, 1.82) is 0 Å². The van der Waals surface area contributed by atoms with Crippen LogP contribution < -0.4 is 21.7 Å². The van der Waals surface area contributed by atoms with Gasteiger partial charge in [-0.05, 0) is 36.6 Å². The number of nitrogens with two attached hydrogens (primary N) is 1. The van der Waals surface area contributed by atoms with Crippen LogP contribution >= 0.6 is 0 Å². The molecule has 426 valence electrons. The van der Waals surface area contributed by atoms with E-state index in [4.69, 9.17) is 53.1 Å². The van der Waals surface area contributed by atoms with Crippen molar-refractivity contribution in [2.45, 2.75) is 46.1 Å². The molecule has 0 unspecified atom stereocenters. The molecular weight excluding hydrogens is 1010 g/mol. The van der Waals surface area contributed by atoms with Gasteiger partial charge in [-0.25, -0.2) is 4.99 Å². The summed E-state index contributed by atoms with van der Waals surface area (Å²) in [5, 5.41) is 8.24. The van der Waals surface area contributed by atoms with Crippen LogP contribution in [0.2, 0.25) is 0 Å². The quantitative estimate of drug-likeness (QED) is 0.0538. The van der Waals surface area contributed by atoms with E-state index in [1.165, 1.54) is 12.4 Å². The normalized spacial score (nSPS) is 13.0. The van der Waals surface area contributed by atoms with E-state index < -0.39 is 23.6 Å². The van der Waals surface area contributed by atoms with Gasteiger partial charge >= 0.3 is 0 Å². The Kier molecular flexibility index (Phi) is 32.3. The molecule has 0 saturated heterocycles. The molecule has 4 heterocycles. The van der Waals surface area contributed by atoms with E-state index in [0.29, 0.717) is 160 Å². The van der Waals surface area contributed by atoms with Gasteiger partial charge in [-0.3, -0.25) is 43.6 Å². The summed E-state index contributed by atoms with van der Waals surface area (Å²) in [5.74, 6) is -1.92. The van der Waals surface area contributed by atoms with Gasteiger partial charge in [-0.15, -0.1) is 0 Å². The molecule has 0 atom stereocenters. The number of imide groups is 1. The second kappa shape index (κ2) is 39.3. The molecule has 25 nitrogen and oxygen atoms in total. The lowest BCUT2D eigenvalue weighted by Gasteiger charge is -2.22. The summed E-state index contributed by atoms with van der Waals surface area (Å²) in [6, 6.07) is 3.30. The standard InChI is InChI=1S/C52H77N9O16/c1-3-9-60(10-4-2)52(67)41-32-44-45(59-46(53)34-41)33-42(37-56-44)51(66)58-43-31-40(35-54-38-43)36-57-47(62)7-11-68-13-15-70-17-19-72-21-23-74-25-27-76-29-30-77-28-26-75-24-22-73-20-18-71-16-14-69-12-8-55-48(63)39-61-49(64)5-6-50(61)65/h5-6,31-33,35,37-38H,3-4,7-30,34,36,39H2,1-2H3,(H2,53,59)(H,55,63)(H,57,62)(H,58,66). The lowest BCUT2D eigenvalue weighted by atomic mass is 10.1. The van der Waals surface area contributed by atoms with E-state index in [1.54, 1.807) is 24.4 Å². The molecule has 2 aromatic rings. The van der Waals surface area contributed by atoms with Crippen molar-refractivity contribution in [3.8, 4) is 0 Å². The van der Waals surface area contributed by atoms with E-state index >= 15 is 0 Å². The Balaban J connectivity index is 0.864. The summed E-state index contributed by atoms with van der Waals surface area (Å²) < 4.78 is 54.8. The minimum absolute atomic E-state index is 0.0981.